The second kappa shape index (κ2) is 6.98. The Morgan fingerprint density at radius 3 is 2.81 bits per heavy atom. The number of carbonyl (C=O) groups excluding carboxylic acids is 2. The Balaban J connectivity index is 2.26. The van der Waals surface area contributed by atoms with Gasteiger partial charge < -0.3 is 10.6 Å². The molecule has 2 rings (SSSR count). The fourth-order valence-electron chi connectivity index (χ4n) is 2.83. The van der Waals surface area contributed by atoms with E-state index in [-0.39, 0.29) is 24.3 Å². The van der Waals surface area contributed by atoms with Crippen LogP contribution in [0.2, 0.25) is 0 Å². The number of aryl methyl sites for hydroxylation is 1. The normalized spacial score (nSPS) is 18.6. The largest absolute Gasteiger partial charge is 0.370 e. The van der Waals surface area contributed by atoms with Crippen LogP contribution in [0.5, 0.6) is 0 Å². The van der Waals surface area contributed by atoms with E-state index in [0.29, 0.717) is 6.54 Å². The van der Waals surface area contributed by atoms with Crippen LogP contribution in [0.1, 0.15) is 41.6 Å². The van der Waals surface area contributed by atoms with Crippen LogP contribution in [0.3, 0.4) is 0 Å². The molecule has 114 valence electrons. The third-order valence-corrected chi connectivity index (χ3v) is 4.73. The van der Waals surface area contributed by atoms with Crippen molar-refractivity contribution in [3.63, 3.8) is 0 Å². The maximum atomic E-state index is 12.8. The van der Waals surface area contributed by atoms with Crippen molar-refractivity contribution in [3.05, 3.63) is 29.3 Å². The standard InChI is InChI=1S/C16H22N2O2S/c1-11-6-7-13(21-2)10-14(11)16(20)18-8-4-3-5-12(18)9-15(17)19/h6-7,10,12H,3-5,8-9H2,1-2H3,(H2,17,19)/t12-/m0/s1. The van der Waals surface area contributed by atoms with Gasteiger partial charge in [-0.05, 0) is 50.1 Å². The zero-order valence-electron chi connectivity index (χ0n) is 12.6. The smallest absolute Gasteiger partial charge is 0.254 e. The molecular formula is C16H22N2O2S. The molecule has 21 heavy (non-hydrogen) atoms. The molecule has 0 spiro atoms. The second-order valence-corrected chi connectivity index (χ2v) is 6.38. The van der Waals surface area contributed by atoms with Crippen LogP contribution in [-0.4, -0.2) is 35.6 Å². The van der Waals surface area contributed by atoms with E-state index in [4.69, 9.17) is 5.73 Å². The molecule has 1 heterocycles. The van der Waals surface area contributed by atoms with Gasteiger partial charge in [-0.15, -0.1) is 11.8 Å². The molecule has 4 nitrogen and oxygen atoms in total. The third-order valence-electron chi connectivity index (χ3n) is 4.00. The first kappa shape index (κ1) is 15.9. The van der Waals surface area contributed by atoms with Crippen molar-refractivity contribution in [2.24, 2.45) is 5.73 Å². The predicted molar refractivity (Wildman–Crippen MR) is 85.4 cm³/mol. The van der Waals surface area contributed by atoms with Crippen molar-refractivity contribution in [1.29, 1.82) is 0 Å². The van der Waals surface area contributed by atoms with Crippen LogP contribution >= 0.6 is 11.8 Å². The number of likely N-dealkylation sites (tertiary alicyclic amines) is 1. The number of rotatable bonds is 4. The number of hydrogen-bond donors (Lipinski definition) is 1. The Hall–Kier alpha value is -1.49. The van der Waals surface area contributed by atoms with Gasteiger partial charge in [0.1, 0.15) is 0 Å². The molecular weight excluding hydrogens is 284 g/mol. The number of nitrogens with zero attached hydrogens (tertiary/aromatic N) is 1. The Morgan fingerprint density at radius 2 is 2.14 bits per heavy atom. The van der Waals surface area contributed by atoms with Gasteiger partial charge in [0.25, 0.3) is 5.91 Å². The van der Waals surface area contributed by atoms with Crippen LogP contribution in [-0.2, 0) is 4.79 Å². The molecule has 1 aliphatic rings. The molecule has 1 saturated heterocycles. The van der Waals surface area contributed by atoms with Gasteiger partial charge in [-0.1, -0.05) is 6.07 Å². The lowest BCUT2D eigenvalue weighted by atomic mass is 9.97. The van der Waals surface area contributed by atoms with Gasteiger partial charge in [0.2, 0.25) is 5.91 Å². The highest BCUT2D eigenvalue weighted by atomic mass is 32.2. The summed E-state index contributed by atoms with van der Waals surface area (Å²) in [4.78, 5) is 27.0. The first-order chi connectivity index (χ1) is 10.0. The Bertz CT molecular complexity index is 545. The van der Waals surface area contributed by atoms with Gasteiger partial charge in [-0.3, -0.25) is 9.59 Å². The quantitative estimate of drug-likeness (QED) is 0.870. The lowest BCUT2D eigenvalue weighted by molar-refractivity contribution is -0.119. The molecule has 0 saturated carbocycles. The number of benzene rings is 1. The van der Waals surface area contributed by atoms with Crippen molar-refractivity contribution in [3.8, 4) is 0 Å². The number of thioether (sulfide) groups is 1. The van der Waals surface area contributed by atoms with Crippen molar-refractivity contribution < 1.29 is 9.59 Å². The summed E-state index contributed by atoms with van der Waals surface area (Å²) in [5.74, 6) is -0.316. The summed E-state index contributed by atoms with van der Waals surface area (Å²) < 4.78 is 0. The van der Waals surface area contributed by atoms with E-state index in [1.807, 2.05) is 36.3 Å². The van der Waals surface area contributed by atoms with E-state index < -0.39 is 0 Å². The molecule has 0 aromatic heterocycles. The van der Waals surface area contributed by atoms with Crippen molar-refractivity contribution in [2.45, 2.75) is 43.5 Å². The minimum Gasteiger partial charge on any atom is -0.370 e. The number of amides is 2. The van der Waals surface area contributed by atoms with Crippen LogP contribution in [0.15, 0.2) is 23.1 Å². The van der Waals surface area contributed by atoms with Crippen molar-refractivity contribution in [1.82, 2.24) is 4.90 Å². The first-order valence-electron chi connectivity index (χ1n) is 7.27. The van der Waals surface area contributed by atoms with Crippen molar-refractivity contribution >= 4 is 23.6 Å². The molecule has 0 aliphatic carbocycles. The van der Waals surface area contributed by atoms with Gasteiger partial charge in [0.15, 0.2) is 0 Å². The van der Waals surface area contributed by atoms with E-state index in [9.17, 15) is 9.59 Å². The Labute approximate surface area is 130 Å². The fraction of sp³-hybridized carbons (Fsp3) is 0.500. The highest BCUT2D eigenvalue weighted by molar-refractivity contribution is 7.98. The van der Waals surface area contributed by atoms with Gasteiger partial charge in [-0.25, -0.2) is 0 Å². The summed E-state index contributed by atoms with van der Waals surface area (Å²) in [7, 11) is 0. The Morgan fingerprint density at radius 1 is 1.38 bits per heavy atom. The van der Waals surface area contributed by atoms with Gasteiger partial charge in [0, 0.05) is 29.5 Å². The number of piperidine rings is 1. The lowest BCUT2D eigenvalue weighted by Gasteiger charge is -2.35. The molecule has 0 radical (unpaired) electrons. The monoisotopic (exact) mass is 306 g/mol. The highest BCUT2D eigenvalue weighted by Gasteiger charge is 2.29. The molecule has 1 aliphatic heterocycles. The van der Waals surface area contributed by atoms with Crippen LogP contribution in [0.25, 0.3) is 0 Å². The molecule has 2 N–H and O–H groups in total. The zero-order valence-corrected chi connectivity index (χ0v) is 13.4. The summed E-state index contributed by atoms with van der Waals surface area (Å²) in [6.45, 7) is 2.66. The average molecular weight is 306 g/mol. The van der Waals surface area contributed by atoms with E-state index in [2.05, 4.69) is 0 Å². The zero-order chi connectivity index (χ0) is 15.4. The predicted octanol–water partition coefficient (Wildman–Crippen LogP) is 2.59. The summed E-state index contributed by atoms with van der Waals surface area (Å²) in [5.41, 5.74) is 7.03. The fourth-order valence-corrected chi connectivity index (χ4v) is 3.27. The molecule has 2 amide bonds. The molecule has 1 aromatic rings. The Kier molecular flexibility index (Phi) is 5.28. The number of primary amides is 1. The summed E-state index contributed by atoms with van der Waals surface area (Å²) in [6.07, 6.45) is 5.15. The second-order valence-electron chi connectivity index (χ2n) is 5.50. The van der Waals surface area contributed by atoms with Gasteiger partial charge >= 0.3 is 0 Å². The van der Waals surface area contributed by atoms with Gasteiger partial charge in [-0.2, -0.15) is 0 Å². The summed E-state index contributed by atoms with van der Waals surface area (Å²) >= 11 is 1.62. The summed E-state index contributed by atoms with van der Waals surface area (Å²) in [5, 5.41) is 0. The van der Waals surface area contributed by atoms with Crippen LogP contribution in [0, 0.1) is 6.92 Å². The number of hydrogen-bond acceptors (Lipinski definition) is 3. The highest BCUT2D eigenvalue weighted by Crippen LogP contribution is 2.25. The topological polar surface area (TPSA) is 63.4 Å². The minimum absolute atomic E-state index is 0.0225. The maximum absolute atomic E-state index is 12.8. The van der Waals surface area contributed by atoms with Crippen molar-refractivity contribution in [2.75, 3.05) is 12.8 Å². The van der Waals surface area contributed by atoms with E-state index in [0.717, 1.165) is 35.3 Å². The molecule has 1 aromatic carbocycles. The van der Waals surface area contributed by atoms with E-state index in [1.165, 1.54) is 0 Å². The first-order valence-corrected chi connectivity index (χ1v) is 8.49. The number of carbonyl (C=O) groups is 2. The molecule has 1 fully saturated rings. The average Bonchev–Trinajstić information content (AvgIpc) is 2.47. The van der Waals surface area contributed by atoms with E-state index in [1.54, 1.807) is 11.8 Å². The molecule has 0 unspecified atom stereocenters. The number of nitrogens with two attached hydrogens (primary N) is 1. The minimum atomic E-state index is -0.339. The summed E-state index contributed by atoms with van der Waals surface area (Å²) in [6, 6.07) is 5.89. The lowest BCUT2D eigenvalue weighted by Crippen LogP contribution is -2.45. The SMILES string of the molecule is CSc1ccc(C)c(C(=O)N2CCCC[C@H]2CC(N)=O)c1. The maximum Gasteiger partial charge on any atom is 0.254 e. The van der Waals surface area contributed by atoms with Crippen LogP contribution < -0.4 is 5.73 Å². The van der Waals surface area contributed by atoms with E-state index >= 15 is 0 Å². The third kappa shape index (κ3) is 3.79. The van der Waals surface area contributed by atoms with Crippen LogP contribution in [0.4, 0.5) is 0 Å². The molecule has 5 heteroatoms. The molecule has 1 atom stereocenters. The molecule has 0 bridgehead atoms. The van der Waals surface area contributed by atoms with Gasteiger partial charge in [0.05, 0.1) is 0 Å².